The smallest absolute Gasteiger partial charge is 0.326 e. The maximum atomic E-state index is 11.9. The second-order valence-corrected chi connectivity index (χ2v) is 6.50. The summed E-state index contributed by atoms with van der Waals surface area (Å²) >= 11 is 0. The highest BCUT2D eigenvalue weighted by atomic mass is 32.2. The minimum atomic E-state index is -3.25. The van der Waals surface area contributed by atoms with E-state index in [1.54, 1.807) is 0 Å². The molecule has 1 fully saturated rings. The van der Waals surface area contributed by atoms with Gasteiger partial charge in [-0.25, -0.2) is 18.0 Å². The molecule has 1 aliphatic heterocycles. The van der Waals surface area contributed by atoms with Crippen LogP contribution in [0.2, 0.25) is 0 Å². The number of carboxylic acid groups (broad SMARTS) is 1. The number of sulfonamides is 1. The molecule has 0 saturated carbocycles. The SMILES string of the molecule is C=CCC(NC(=O)N1CCN(S(C)(=O)=O)CC1)C(=O)O. The van der Waals surface area contributed by atoms with Crippen LogP contribution in [0.3, 0.4) is 0 Å². The lowest BCUT2D eigenvalue weighted by Gasteiger charge is -2.33. The Morgan fingerprint density at radius 3 is 2.30 bits per heavy atom. The molecule has 1 aliphatic rings. The van der Waals surface area contributed by atoms with Crippen LogP contribution in [-0.4, -0.2) is 73.2 Å². The molecule has 9 heteroatoms. The molecule has 1 heterocycles. The van der Waals surface area contributed by atoms with Gasteiger partial charge in [-0.2, -0.15) is 4.31 Å². The lowest BCUT2D eigenvalue weighted by molar-refractivity contribution is -0.139. The number of carboxylic acids is 1. The molecule has 114 valence electrons. The standard InChI is InChI=1S/C11H19N3O5S/c1-3-4-9(10(15)16)12-11(17)13-5-7-14(8-6-13)20(2,18)19/h3,9H,1,4-8H2,2H3,(H,12,17)(H,15,16). The monoisotopic (exact) mass is 305 g/mol. The number of aliphatic carboxylic acids is 1. The van der Waals surface area contributed by atoms with Gasteiger partial charge in [0.25, 0.3) is 0 Å². The highest BCUT2D eigenvalue weighted by Gasteiger charge is 2.28. The molecule has 2 amide bonds. The third-order valence-electron chi connectivity index (χ3n) is 2.99. The van der Waals surface area contributed by atoms with Gasteiger partial charge >= 0.3 is 12.0 Å². The second kappa shape index (κ2) is 6.71. The summed E-state index contributed by atoms with van der Waals surface area (Å²) in [5.41, 5.74) is 0. The Hall–Kier alpha value is -1.61. The summed E-state index contributed by atoms with van der Waals surface area (Å²) in [6, 6.07) is -1.53. The molecule has 2 N–H and O–H groups in total. The molecular formula is C11H19N3O5S. The van der Waals surface area contributed by atoms with E-state index in [1.165, 1.54) is 15.3 Å². The van der Waals surface area contributed by atoms with Gasteiger partial charge in [-0.3, -0.25) is 0 Å². The van der Waals surface area contributed by atoms with E-state index in [1.807, 2.05) is 0 Å². The van der Waals surface area contributed by atoms with E-state index in [0.717, 1.165) is 6.26 Å². The average Bonchev–Trinajstić information content (AvgIpc) is 2.37. The van der Waals surface area contributed by atoms with Gasteiger partial charge in [0.15, 0.2) is 0 Å². The molecule has 20 heavy (non-hydrogen) atoms. The molecule has 0 radical (unpaired) electrons. The van der Waals surface area contributed by atoms with E-state index in [4.69, 9.17) is 5.11 Å². The summed E-state index contributed by atoms with van der Waals surface area (Å²) in [5, 5.41) is 11.3. The lowest BCUT2D eigenvalue weighted by atomic mass is 10.2. The molecule has 1 atom stereocenters. The van der Waals surface area contributed by atoms with Crippen molar-refractivity contribution < 1.29 is 23.1 Å². The van der Waals surface area contributed by atoms with Gasteiger partial charge in [0, 0.05) is 26.2 Å². The number of amides is 2. The molecule has 1 saturated heterocycles. The summed E-state index contributed by atoms with van der Waals surface area (Å²) in [4.78, 5) is 24.2. The van der Waals surface area contributed by atoms with Crippen molar-refractivity contribution in [2.24, 2.45) is 0 Å². The zero-order valence-corrected chi connectivity index (χ0v) is 12.1. The third kappa shape index (κ3) is 4.49. The fourth-order valence-electron chi connectivity index (χ4n) is 1.85. The Balaban J connectivity index is 2.54. The van der Waals surface area contributed by atoms with Gasteiger partial charge in [-0.1, -0.05) is 6.08 Å². The molecule has 0 bridgehead atoms. The number of carbonyl (C=O) groups excluding carboxylic acids is 1. The van der Waals surface area contributed by atoms with Crippen LogP contribution in [0.25, 0.3) is 0 Å². The van der Waals surface area contributed by atoms with Gasteiger partial charge in [-0.15, -0.1) is 6.58 Å². The predicted octanol–water partition coefficient (Wildman–Crippen LogP) is -0.697. The number of rotatable bonds is 5. The normalized spacial score (nSPS) is 18.4. The van der Waals surface area contributed by atoms with Crippen molar-refractivity contribution in [1.29, 1.82) is 0 Å². The lowest BCUT2D eigenvalue weighted by Crippen LogP contribution is -2.55. The Labute approximate surface area is 118 Å². The van der Waals surface area contributed by atoms with Crippen LogP contribution in [0.5, 0.6) is 0 Å². The number of nitrogens with one attached hydrogen (secondary N) is 1. The fraction of sp³-hybridized carbons (Fsp3) is 0.636. The summed E-state index contributed by atoms with van der Waals surface area (Å²) in [6.45, 7) is 4.34. The number of nitrogens with zero attached hydrogens (tertiary/aromatic N) is 2. The van der Waals surface area contributed by atoms with Crippen molar-refractivity contribution in [2.75, 3.05) is 32.4 Å². The van der Waals surface area contributed by atoms with Crippen molar-refractivity contribution in [3.63, 3.8) is 0 Å². The number of hydrogen-bond donors (Lipinski definition) is 2. The number of carbonyl (C=O) groups is 2. The van der Waals surface area contributed by atoms with Crippen LogP contribution in [0.4, 0.5) is 4.79 Å². The number of urea groups is 1. The van der Waals surface area contributed by atoms with Crippen molar-refractivity contribution >= 4 is 22.0 Å². The minimum absolute atomic E-state index is 0.129. The molecule has 8 nitrogen and oxygen atoms in total. The van der Waals surface area contributed by atoms with E-state index in [-0.39, 0.29) is 32.6 Å². The van der Waals surface area contributed by atoms with Crippen LogP contribution in [-0.2, 0) is 14.8 Å². The van der Waals surface area contributed by atoms with Crippen molar-refractivity contribution in [1.82, 2.24) is 14.5 Å². The molecule has 0 aliphatic carbocycles. The van der Waals surface area contributed by atoms with E-state index in [2.05, 4.69) is 11.9 Å². The quantitative estimate of drug-likeness (QED) is 0.653. The third-order valence-corrected chi connectivity index (χ3v) is 4.30. The van der Waals surface area contributed by atoms with Gasteiger partial charge in [0.1, 0.15) is 6.04 Å². The highest BCUT2D eigenvalue weighted by Crippen LogP contribution is 2.06. The zero-order valence-electron chi connectivity index (χ0n) is 11.3. The zero-order chi connectivity index (χ0) is 15.3. The van der Waals surface area contributed by atoms with Gasteiger partial charge in [0.05, 0.1) is 6.26 Å². The topological polar surface area (TPSA) is 107 Å². The Bertz CT molecular complexity index is 482. The molecule has 0 aromatic rings. The van der Waals surface area contributed by atoms with Gasteiger partial charge in [-0.05, 0) is 6.42 Å². The second-order valence-electron chi connectivity index (χ2n) is 4.51. The molecule has 1 unspecified atom stereocenters. The fourth-order valence-corrected chi connectivity index (χ4v) is 2.68. The van der Waals surface area contributed by atoms with E-state index in [9.17, 15) is 18.0 Å². The van der Waals surface area contributed by atoms with Crippen LogP contribution in [0, 0.1) is 0 Å². The van der Waals surface area contributed by atoms with Crippen molar-refractivity contribution in [3.8, 4) is 0 Å². The molecular weight excluding hydrogens is 286 g/mol. The molecule has 1 rings (SSSR count). The van der Waals surface area contributed by atoms with Gasteiger partial charge < -0.3 is 15.3 Å². The van der Waals surface area contributed by atoms with Crippen LogP contribution >= 0.6 is 0 Å². The maximum Gasteiger partial charge on any atom is 0.326 e. The van der Waals surface area contributed by atoms with E-state index >= 15 is 0 Å². The van der Waals surface area contributed by atoms with E-state index in [0.29, 0.717) is 0 Å². The summed E-state index contributed by atoms with van der Waals surface area (Å²) in [7, 11) is -3.25. The summed E-state index contributed by atoms with van der Waals surface area (Å²) in [5.74, 6) is -1.13. The van der Waals surface area contributed by atoms with Crippen molar-refractivity contribution in [2.45, 2.75) is 12.5 Å². The van der Waals surface area contributed by atoms with E-state index < -0.39 is 28.1 Å². The van der Waals surface area contributed by atoms with Crippen LogP contribution < -0.4 is 5.32 Å². The Morgan fingerprint density at radius 2 is 1.90 bits per heavy atom. The van der Waals surface area contributed by atoms with Gasteiger partial charge in [0.2, 0.25) is 10.0 Å². The predicted molar refractivity (Wildman–Crippen MR) is 72.8 cm³/mol. The molecule has 0 aromatic heterocycles. The largest absolute Gasteiger partial charge is 0.480 e. The summed E-state index contributed by atoms with van der Waals surface area (Å²) in [6.07, 6.45) is 2.66. The highest BCUT2D eigenvalue weighted by molar-refractivity contribution is 7.88. The van der Waals surface area contributed by atoms with Crippen LogP contribution in [0.15, 0.2) is 12.7 Å². The molecule has 0 spiro atoms. The first-order chi connectivity index (χ1) is 9.25. The molecule has 0 aromatic carbocycles. The first kappa shape index (κ1) is 16.4. The first-order valence-corrected chi connectivity index (χ1v) is 7.94. The first-order valence-electron chi connectivity index (χ1n) is 6.10. The number of piperazine rings is 1. The van der Waals surface area contributed by atoms with Crippen LogP contribution in [0.1, 0.15) is 6.42 Å². The Kier molecular flexibility index (Phi) is 5.52. The maximum absolute atomic E-state index is 11.9. The van der Waals surface area contributed by atoms with Crippen molar-refractivity contribution in [3.05, 3.63) is 12.7 Å². The Morgan fingerprint density at radius 1 is 1.35 bits per heavy atom. The average molecular weight is 305 g/mol. The minimum Gasteiger partial charge on any atom is -0.480 e. The summed E-state index contributed by atoms with van der Waals surface area (Å²) < 4.78 is 24.0. The number of hydrogen-bond acceptors (Lipinski definition) is 4.